The summed E-state index contributed by atoms with van der Waals surface area (Å²) < 4.78 is 11.0. The Balaban J connectivity index is 2.15. The highest BCUT2D eigenvalue weighted by Crippen LogP contribution is 2.34. The number of ether oxygens (including phenoxy) is 1. The van der Waals surface area contributed by atoms with Gasteiger partial charge in [0.15, 0.2) is 0 Å². The fourth-order valence-corrected chi connectivity index (χ4v) is 2.55. The first-order chi connectivity index (χ1) is 7.81. The van der Waals surface area contributed by atoms with E-state index in [2.05, 4.69) is 0 Å². The molecule has 1 aromatic rings. The third kappa shape index (κ3) is 1.36. The molecule has 0 aliphatic carbocycles. The van der Waals surface area contributed by atoms with Gasteiger partial charge in [-0.1, -0.05) is 6.07 Å². The Morgan fingerprint density at radius 2 is 2.38 bits per heavy atom. The first-order valence-electron chi connectivity index (χ1n) is 5.63. The third-order valence-corrected chi connectivity index (χ3v) is 3.27. The summed E-state index contributed by atoms with van der Waals surface area (Å²) in [5.41, 5.74) is 8.73. The fourth-order valence-electron chi connectivity index (χ4n) is 2.55. The Hall–Kier alpha value is -1.04. The van der Waals surface area contributed by atoms with Crippen LogP contribution in [0.2, 0.25) is 0 Å². The maximum absolute atomic E-state index is 9.77. The monoisotopic (exact) mass is 219 g/mol. The van der Waals surface area contributed by atoms with Crippen molar-refractivity contribution in [1.82, 2.24) is 0 Å². The second kappa shape index (κ2) is 3.77. The molecule has 1 atom stereocenters. The molecule has 0 bridgehead atoms. The maximum Gasteiger partial charge on any atom is 0.492 e. The van der Waals surface area contributed by atoms with Crippen LogP contribution in [0.5, 0.6) is 5.75 Å². The molecule has 3 rings (SSSR count). The summed E-state index contributed by atoms with van der Waals surface area (Å²) in [5, 5.41) is 9.77. The average Bonchev–Trinajstić information content (AvgIpc) is 2.66. The fraction of sp³-hybridized carbons (Fsp3) is 0.455. The van der Waals surface area contributed by atoms with Gasteiger partial charge >= 0.3 is 7.12 Å². The highest BCUT2D eigenvalue weighted by atomic mass is 16.5. The zero-order valence-electron chi connectivity index (χ0n) is 8.98. The molecule has 0 amide bonds. The van der Waals surface area contributed by atoms with Crippen molar-refractivity contribution in [2.24, 2.45) is 5.73 Å². The minimum atomic E-state index is -0.837. The van der Waals surface area contributed by atoms with Gasteiger partial charge in [0, 0.05) is 6.54 Å². The van der Waals surface area contributed by atoms with Crippen molar-refractivity contribution < 1.29 is 14.4 Å². The quantitative estimate of drug-likeness (QED) is 0.638. The summed E-state index contributed by atoms with van der Waals surface area (Å²) in [7, 11) is -0.837. The second-order valence-electron chi connectivity index (χ2n) is 4.21. The number of rotatable bonds is 1. The molecule has 0 spiro atoms. The standard InChI is InChI=1S/C11H14BNO3/c13-6-10-11-7-2-1-5-15-9(7)4-3-8(11)12(14)16-10/h3-4,10,14H,1-2,5-6,13H2. The zero-order valence-corrected chi connectivity index (χ0v) is 8.98. The van der Waals surface area contributed by atoms with Crippen molar-refractivity contribution in [3.8, 4) is 5.75 Å². The van der Waals surface area contributed by atoms with Gasteiger partial charge in [0.25, 0.3) is 0 Å². The molecular weight excluding hydrogens is 205 g/mol. The molecule has 2 heterocycles. The molecule has 0 saturated carbocycles. The van der Waals surface area contributed by atoms with Crippen LogP contribution in [0, 0.1) is 0 Å². The highest BCUT2D eigenvalue weighted by Gasteiger charge is 2.37. The van der Waals surface area contributed by atoms with Crippen LogP contribution in [-0.2, 0) is 11.1 Å². The Morgan fingerprint density at radius 3 is 3.19 bits per heavy atom. The number of hydrogen-bond donors (Lipinski definition) is 2. The first-order valence-corrected chi connectivity index (χ1v) is 5.63. The van der Waals surface area contributed by atoms with Gasteiger partial charge < -0.3 is 20.1 Å². The summed E-state index contributed by atoms with van der Waals surface area (Å²) in [6.07, 6.45) is 1.80. The minimum absolute atomic E-state index is 0.193. The minimum Gasteiger partial charge on any atom is -0.493 e. The first kappa shape index (κ1) is 10.1. The van der Waals surface area contributed by atoms with Gasteiger partial charge in [0.05, 0.1) is 12.7 Å². The molecule has 0 saturated heterocycles. The van der Waals surface area contributed by atoms with E-state index in [1.165, 1.54) is 0 Å². The van der Waals surface area contributed by atoms with E-state index in [9.17, 15) is 5.02 Å². The lowest BCUT2D eigenvalue weighted by molar-refractivity contribution is 0.195. The summed E-state index contributed by atoms with van der Waals surface area (Å²) in [5.74, 6) is 0.918. The van der Waals surface area contributed by atoms with Crippen LogP contribution in [-0.4, -0.2) is 25.3 Å². The predicted molar refractivity (Wildman–Crippen MR) is 60.7 cm³/mol. The normalized spacial score (nSPS) is 22.6. The zero-order chi connectivity index (χ0) is 11.1. The molecule has 0 aromatic heterocycles. The highest BCUT2D eigenvalue weighted by molar-refractivity contribution is 6.61. The molecule has 2 aliphatic rings. The lowest BCUT2D eigenvalue weighted by Crippen LogP contribution is -2.29. The van der Waals surface area contributed by atoms with Crippen LogP contribution in [0.3, 0.4) is 0 Å². The SMILES string of the molecule is NCC1OB(O)c2ccc3c(c21)CCCO3. The summed E-state index contributed by atoms with van der Waals surface area (Å²) in [6, 6.07) is 3.79. The second-order valence-corrected chi connectivity index (χ2v) is 4.21. The third-order valence-electron chi connectivity index (χ3n) is 3.27. The Labute approximate surface area is 94.5 Å². The van der Waals surface area contributed by atoms with Crippen LogP contribution in [0.4, 0.5) is 0 Å². The number of fused-ring (bicyclic) bond motifs is 3. The van der Waals surface area contributed by atoms with Crippen molar-refractivity contribution in [3.05, 3.63) is 23.3 Å². The van der Waals surface area contributed by atoms with E-state index >= 15 is 0 Å². The van der Waals surface area contributed by atoms with Gasteiger partial charge in [-0.3, -0.25) is 0 Å². The molecule has 16 heavy (non-hydrogen) atoms. The van der Waals surface area contributed by atoms with Crippen molar-refractivity contribution in [3.63, 3.8) is 0 Å². The molecule has 0 fully saturated rings. The number of benzene rings is 1. The van der Waals surface area contributed by atoms with Gasteiger partial charge in [-0.05, 0) is 35.5 Å². The lowest BCUT2D eigenvalue weighted by atomic mass is 9.77. The van der Waals surface area contributed by atoms with Crippen LogP contribution < -0.4 is 15.9 Å². The Morgan fingerprint density at radius 1 is 1.50 bits per heavy atom. The van der Waals surface area contributed by atoms with Crippen LogP contribution >= 0.6 is 0 Å². The number of hydrogen-bond acceptors (Lipinski definition) is 4. The van der Waals surface area contributed by atoms with E-state index in [0.717, 1.165) is 41.8 Å². The molecule has 5 heteroatoms. The van der Waals surface area contributed by atoms with Gasteiger partial charge in [-0.25, -0.2) is 0 Å². The van der Waals surface area contributed by atoms with Gasteiger partial charge in [0.1, 0.15) is 5.75 Å². The topological polar surface area (TPSA) is 64.7 Å². The largest absolute Gasteiger partial charge is 0.493 e. The van der Waals surface area contributed by atoms with Crippen molar-refractivity contribution >= 4 is 12.6 Å². The molecule has 0 radical (unpaired) electrons. The molecule has 4 nitrogen and oxygen atoms in total. The molecule has 2 aliphatic heterocycles. The Bertz CT molecular complexity index is 424. The lowest BCUT2D eigenvalue weighted by Gasteiger charge is -2.22. The number of nitrogens with two attached hydrogens (primary N) is 1. The van der Waals surface area contributed by atoms with Gasteiger partial charge in [-0.2, -0.15) is 0 Å². The molecule has 1 unspecified atom stereocenters. The smallest absolute Gasteiger partial charge is 0.492 e. The van der Waals surface area contributed by atoms with E-state index in [4.69, 9.17) is 15.1 Å². The maximum atomic E-state index is 9.77. The molecular formula is C11H14BNO3. The summed E-state index contributed by atoms with van der Waals surface area (Å²) in [6.45, 7) is 1.16. The average molecular weight is 219 g/mol. The summed E-state index contributed by atoms with van der Waals surface area (Å²) >= 11 is 0. The van der Waals surface area contributed by atoms with E-state index in [0.29, 0.717) is 6.54 Å². The van der Waals surface area contributed by atoms with Gasteiger partial charge in [0.2, 0.25) is 0 Å². The van der Waals surface area contributed by atoms with Crippen LogP contribution in [0.15, 0.2) is 12.1 Å². The van der Waals surface area contributed by atoms with E-state index in [1.54, 1.807) is 0 Å². The predicted octanol–water partition coefficient (Wildman–Crippen LogP) is -0.271. The van der Waals surface area contributed by atoms with Gasteiger partial charge in [-0.15, -0.1) is 0 Å². The molecule has 84 valence electrons. The summed E-state index contributed by atoms with van der Waals surface area (Å²) in [4.78, 5) is 0. The van der Waals surface area contributed by atoms with Crippen LogP contribution in [0.25, 0.3) is 0 Å². The van der Waals surface area contributed by atoms with Crippen LogP contribution in [0.1, 0.15) is 23.7 Å². The van der Waals surface area contributed by atoms with Crippen molar-refractivity contribution in [1.29, 1.82) is 0 Å². The van der Waals surface area contributed by atoms with Crippen molar-refractivity contribution in [2.45, 2.75) is 18.9 Å². The van der Waals surface area contributed by atoms with E-state index < -0.39 is 7.12 Å². The molecule has 3 N–H and O–H groups in total. The molecule has 1 aromatic carbocycles. The van der Waals surface area contributed by atoms with E-state index in [1.807, 2.05) is 12.1 Å². The van der Waals surface area contributed by atoms with Crippen molar-refractivity contribution in [2.75, 3.05) is 13.2 Å². The van der Waals surface area contributed by atoms with E-state index in [-0.39, 0.29) is 6.10 Å². The Kier molecular flexibility index (Phi) is 2.39.